The van der Waals surface area contributed by atoms with E-state index in [9.17, 15) is 0 Å². The van der Waals surface area contributed by atoms with Crippen LogP contribution in [-0.4, -0.2) is 0 Å². The van der Waals surface area contributed by atoms with E-state index in [1.54, 1.807) is 0 Å². The maximum absolute atomic E-state index is 2.35. The molecule has 0 atom stereocenters. The predicted molar refractivity (Wildman–Crippen MR) is 42.0 cm³/mol. The molecule has 0 unspecified atom stereocenters. The lowest BCUT2D eigenvalue weighted by atomic mass is 9.94. The number of halogens is 1. The summed E-state index contributed by atoms with van der Waals surface area (Å²) in [5.74, 6) is 0. The molecule has 2 bridgehead atoms. The third kappa shape index (κ3) is 0.573. The van der Waals surface area contributed by atoms with E-state index < -0.39 is 0 Å². The van der Waals surface area contributed by atoms with Crippen LogP contribution in [0.25, 0.3) is 0 Å². The summed E-state index contributed by atoms with van der Waals surface area (Å²) in [4.78, 5) is 0. The summed E-state index contributed by atoms with van der Waals surface area (Å²) in [7, 11) is 0. The zero-order valence-corrected chi connectivity index (χ0v) is 6.47. The lowest BCUT2D eigenvalue weighted by Crippen LogP contribution is -2.00. The Labute approximate surface area is 62.1 Å². The SMILES string of the molecule is Ic1cc2cc(c1)C2. The zero-order valence-electron chi connectivity index (χ0n) is 4.32. The van der Waals surface area contributed by atoms with Gasteiger partial charge in [0.25, 0.3) is 0 Å². The second-order valence-electron chi connectivity index (χ2n) is 2.14. The van der Waals surface area contributed by atoms with Gasteiger partial charge in [-0.2, -0.15) is 0 Å². The number of rotatable bonds is 0. The van der Waals surface area contributed by atoms with E-state index in [-0.39, 0.29) is 0 Å². The van der Waals surface area contributed by atoms with Crippen molar-refractivity contribution in [3.63, 3.8) is 0 Å². The van der Waals surface area contributed by atoms with Crippen LogP contribution < -0.4 is 0 Å². The molecule has 0 fully saturated rings. The van der Waals surface area contributed by atoms with Gasteiger partial charge >= 0.3 is 0 Å². The highest BCUT2D eigenvalue weighted by atomic mass is 127. The predicted octanol–water partition coefficient (Wildman–Crippen LogP) is 2.20. The van der Waals surface area contributed by atoms with E-state index in [1.807, 2.05) is 0 Å². The minimum atomic E-state index is 1.21. The molecule has 0 saturated carbocycles. The van der Waals surface area contributed by atoms with Gasteiger partial charge in [-0.15, -0.1) is 0 Å². The second kappa shape index (κ2) is 1.47. The monoisotopic (exact) mass is 216 g/mol. The highest BCUT2D eigenvalue weighted by Crippen LogP contribution is 2.23. The van der Waals surface area contributed by atoms with E-state index in [2.05, 4.69) is 40.8 Å². The zero-order chi connectivity index (χ0) is 5.56. The molecule has 0 spiro atoms. The first-order chi connectivity index (χ1) is 3.84. The van der Waals surface area contributed by atoms with Crippen LogP contribution in [0.1, 0.15) is 11.1 Å². The largest absolute Gasteiger partial charge is 0.0551 e. The molecule has 1 aromatic rings. The standard InChI is InChI=1S/C7H5I/c8-7-3-5-1-6(2-5)4-7/h1,3-4H,2H2. The molecule has 0 aromatic heterocycles. The Morgan fingerprint density at radius 2 is 1.62 bits per heavy atom. The number of hydrogen-bond acceptors (Lipinski definition) is 0. The molecule has 0 nitrogen and oxygen atoms in total. The van der Waals surface area contributed by atoms with Crippen molar-refractivity contribution in [2.75, 3.05) is 0 Å². The second-order valence-corrected chi connectivity index (χ2v) is 3.39. The molecule has 0 aliphatic heterocycles. The van der Waals surface area contributed by atoms with Crippen LogP contribution in [0.15, 0.2) is 18.2 Å². The van der Waals surface area contributed by atoms with E-state index >= 15 is 0 Å². The van der Waals surface area contributed by atoms with Crippen LogP contribution in [-0.2, 0) is 6.42 Å². The smallest absolute Gasteiger partial charge is 0.0136 e. The fourth-order valence-electron chi connectivity index (χ4n) is 1.03. The van der Waals surface area contributed by atoms with Gasteiger partial charge in [0.1, 0.15) is 0 Å². The van der Waals surface area contributed by atoms with E-state index in [0.717, 1.165) is 0 Å². The summed E-state index contributed by atoms with van der Waals surface area (Å²) < 4.78 is 1.38. The Balaban J connectivity index is 2.69. The van der Waals surface area contributed by atoms with E-state index in [4.69, 9.17) is 0 Å². The highest BCUT2D eigenvalue weighted by molar-refractivity contribution is 14.1. The fraction of sp³-hybridized carbons (Fsp3) is 0.143. The molecule has 8 heavy (non-hydrogen) atoms. The Morgan fingerprint density at radius 1 is 1.12 bits per heavy atom. The first-order valence-corrected chi connectivity index (χ1v) is 3.71. The lowest BCUT2D eigenvalue weighted by Gasteiger charge is -2.13. The van der Waals surface area contributed by atoms with Crippen LogP contribution in [0.4, 0.5) is 0 Å². The van der Waals surface area contributed by atoms with Crippen molar-refractivity contribution >= 4 is 22.6 Å². The maximum Gasteiger partial charge on any atom is 0.0136 e. The van der Waals surface area contributed by atoms with Crippen molar-refractivity contribution in [3.05, 3.63) is 32.9 Å². The first-order valence-electron chi connectivity index (χ1n) is 2.63. The third-order valence-corrected chi connectivity index (χ3v) is 2.05. The van der Waals surface area contributed by atoms with Gasteiger partial charge in [-0.1, -0.05) is 6.07 Å². The van der Waals surface area contributed by atoms with Gasteiger partial charge in [0, 0.05) is 3.57 Å². The van der Waals surface area contributed by atoms with Crippen LogP contribution in [0.2, 0.25) is 0 Å². The van der Waals surface area contributed by atoms with Crippen molar-refractivity contribution in [2.24, 2.45) is 0 Å². The lowest BCUT2D eigenvalue weighted by molar-refractivity contribution is 1.08. The van der Waals surface area contributed by atoms with Gasteiger partial charge in [0.2, 0.25) is 0 Å². The Hall–Kier alpha value is -0.0500. The van der Waals surface area contributed by atoms with Crippen LogP contribution in [0.3, 0.4) is 0 Å². The summed E-state index contributed by atoms with van der Waals surface area (Å²) in [6.07, 6.45) is 1.21. The topological polar surface area (TPSA) is 0 Å². The van der Waals surface area contributed by atoms with Gasteiger partial charge in [-0.25, -0.2) is 0 Å². The van der Waals surface area contributed by atoms with Crippen LogP contribution >= 0.6 is 22.6 Å². The summed E-state index contributed by atoms with van der Waals surface area (Å²) in [5, 5.41) is 0. The van der Waals surface area contributed by atoms with E-state index in [1.165, 1.54) is 21.1 Å². The third-order valence-electron chi connectivity index (χ3n) is 1.43. The van der Waals surface area contributed by atoms with Gasteiger partial charge < -0.3 is 0 Å². The van der Waals surface area contributed by atoms with Crippen molar-refractivity contribution in [2.45, 2.75) is 6.42 Å². The summed E-state index contributed by atoms with van der Waals surface area (Å²) in [6.45, 7) is 0. The normalized spacial score (nSPS) is 13.1. The molecule has 2 aliphatic rings. The molecule has 1 heteroatoms. The average Bonchev–Trinajstić information content (AvgIpc) is 1.62. The maximum atomic E-state index is 2.35. The molecule has 40 valence electrons. The summed E-state index contributed by atoms with van der Waals surface area (Å²) in [6, 6.07) is 6.70. The Kier molecular flexibility index (Phi) is 0.879. The Bertz CT molecular complexity index is 206. The van der Waals surface area contributed by atoms with Gasteiger partial charge in [-0.3, -0.25) is 0 Å². The van der Waals surface area contributed by atoms with Gasteiger partial charge in [0.15, 0.2) is 0 Å². The number of fused-ring (bicyclic) bond motifs is 2. The van der Waals surface area contributed by atoms with Gasteiger partial charge in [0.05, 0.1) is 0 Å². The van der Waals surface area contributed by atoms with Crippen molar-refractivity contribution < 1.29 is 0 Å². The van der Waals surface area contributed by atoms with E-state index in [0.29, 0.717) is 0 Å². The Morgan fingerprint density at radius 3 is 1.88 bits per heavy atom. The molecule has 0 amide bonds. The molecule has 0 heterocycles. The van der Waals surface area contributed by atoms with Crippen LogP contribution in [0, 0.1) is 3.57 Å². The van der Waals surface area contributed by atoms with Crippen molar-refractivity contribution in [3.8, 4) is 0 Å². The molecule has 1 aromatic carbocycles. The summed E-state index contributed by atoms with van der Waals surface area (Å²) in [5.41, 5.74) is 2.99. The fourth-order valence-corrected chi connectivity index (χ4v) is 1.83. The number of hydrogen-bond donors (Lipinski definition) is 0. The molecule has 0 saturated heterocycles. The molecule has 0 N–H and O–H groups in total. The first kappa shape index (κ1) is 4.79. The molecule has 2 aliphatic carbocycles. The minimum Gasteiger partial charge on any atom is -0.0551 e. The molecular weight excluding hydrogens is 211 g/mol. The van der Waals surface area contributed by atoms with Crippen molar-refractivity contribution in [1.82, 2.24) is 0 Å². The highest BCUT2D eigenvalue weighted by Gasteiger charge is 2.08. The molecular formula is C7H5I. The molecule has 3 rings (SSSR count). The minimum absolute atomic E-state index is 1.21. The van der Waals surface area contributed by atoms with Crippen LogP contribution in [0.5, 0.6) is 0 Å². The quantitative estimate of drug-likeness (QED) is 0.592. The summed E-state index contributed by atoms with van der Waals surface area (Å²) >= 11 is 2.35. The molecule has 0 radical (unpaired) electrons. The van der Waals surface area contributed by atoms with Crippen molar-refractivity contribution in [1.29, 1.82) is 0 Å². The van der Waals surface area contributed by atoms with Gasteiger partial charge in [-0.05, 0) is 52.3 Å². The average molecular weight is 216 g/mol. The number of benzene rings is 1.